The molecule has 2 aliphatic rings. The molecule has 1 unspecified atom stereocenters. The van der Waals surface area contributed by atoms with Crippen LogP contribution in [0, 0.1) is 5.92 Å². The Labute approximate surface area is 180 Å². The van der Waals surface area contributed by atoms with E-state index >= 15 is 0 Å². The number of ketones is 1. The minimum absolute atomic E-state index is 0.197. The predicted molar refractivity (Wildman–Crippen MR) is 112 cm³/mol. The van der Waals surface area contributed by atoms with Crippen LogP contribution in [0.1, 0.15) is 88.5 Å². The van der Waals surface area contributed by atoms with Crippen LogP contribution in [0.15, 0.2) is 18.3 Å². The standard InChI is InChI=1S/C24H31F3N2O2/c1-22(2,31)16-10-11-29-20(13-16)21(15-6-4-7-15)19(28-29)9-5-8-18(30)12-17-14-23(3,25)24(17,26)27/h10-11,13,15,17,31H,4-9,12,14H2,1-3H3/t17-,23?/m0/s1. The second-order valence-electron chi connectivity index (χ2n) is 10.1. The van der Waals surface area contributed by atoms with E-state index in [1.165, 1.54) is 12.0 Å². The minimum atomic E-state index is -3.42. The second-order valence-corrected chi connectivity index (χ2v) is 10.1. The number of aromatic nitrogens is 2. The molecule has 4 rings (SSSR count). The molecule has 0 aromatic carbocycles. The normalized spacial score (nSPS) is 26.0. The van der Waals surface area contributed by atoms with Crippen LogP contribution in [-0.2, 0) is 16.8 Å². The predicted octanol–water partition coefficient (Wildman–Crippen LogP) is 5.49. The summed E-state index contributed by atoms with van der Waals surface area (Å²) < 4.78 is 43.0. The zero-order chi connectivity index (χ0) is 22.6. The molecule has 2 fully saturated rings. The van der Waals surface area contributed by atoms with Crippen molar-refractivity contribution < 1.29 is 23.1 Å². The van der Waals surface area contributed by atoms with E-state index in [9.17, 15) is 23.1 Å². The number of aliphatic hydroxyl groups is 1. The third-order valence-electron chi connectivity index (χ3n) is 7.15. The first-order valence-corrected chi connectivity index (χ1v) is 11.2. The Morgan fingerprint density at radius 2 is 2.03 bits per heavy atom. The summed E-state index contributed by atoms with van der Waals surface area (Å²) in [6.07, 6.45) is 6.03. The fraction of sp³-hybridized carbons (Fsp3) is 0.667. The van der Waals surface area contributed by atoms with Crippen LogP contribution in [0.5, 0.6) is 0 Å². The Morgan fingerprint density at radius 3 is 2.58 bits per heavy atom. The highest BCUT2D eigenvalue weighted by atomic mass is 19.3. The van der Waals surface area contributed by atoms with Crippen LogP contribution in [0.25, 0.3) is 5.52 Å². The van der Waals surface area contributed by atoms with E-state index in [0.29, 0.717) is 18.8 Å². The first-order chi connectivity index (χ1) is 14.4. The van der Waals surface area contributed by atoms with Crippen molar-refractivity contribution in [2.45, 2.75) is 95.2 Å². The molecule has 0 amide bonds. The van der Waals surface area contributed by atoms with Gasteiger partial charge in [-0.2, -0.15) is 5.10 Å². The third-order valence-corrected chi connectivity index (χ3v) is 7.15. The second kappa shape index (κ2) is 7.61. The number of fused-ring (bicyclic) bond motifs is 1. The molecule has 1 N–H and O–H groups in total. The van der Waals surface area contributed by atoms with Gasteiger partial charge in [0.2, 0.25) is 0 Å². The van der Waals surface area contributed by atoms with Gasteiger partial charge in [-0.15, -0.1) is 0 Å². The molecule has 7 heteroatoms. The molecular formula is C24H31F3N2O2. The van der Waals surface area contributed by atoms with Crippen molar-refractivity contribution in [1.82, 2.24) is 9.61 Å². The SMILES string of the molecule is CC(C)(O)c1ccn2nc(CCCC(=O)C[C@H]3CC(C)(F)C3(F)F)c(C3CCC3)c2c1. The summed E-state index contributed by atoms with van der Waals surface area (Å²) in [5.74, 6) is -4.41. The smallest absolute Gasteiger partial charge is 0.284 e. The number of carbonyl (C=O) groups is 1. The van der Waals surface area contributed by atoms with Crippen molar-refractivity contribution in [2.24, 2.45) is 5.92 Å². The fourth-order valence-electron chi connectivity index (χ4n) is 4.87. The summed E-state index contributed by atoms with van der Waals surface area (Å²) in [5.41, 5.74) is 0.493. The number of halogens is 3. The molecule has 170 valence electrons. The third kappa shape index (κ3) is 4.01. The number of pyridine rings is 1. The molecule has 4 nitrogen and oxygen atoms in total. The van der Waals surface area contributed by atoms with Gasteiger partial charge in [-0.1, -0.05) is 6.42 Å². The lowest BCUT2D eigenvalue weighted by molar-refractivity contribution is -0.248. The molecule has 2 saturated carbocycles. The van der Waals surface area contributed by atoms with E-state index in [2.05, 4.69) is 0 Å². The van der Waals surface area contributed by atoms with E-state index in [1.807, 2.05) is 22.8 Å². The molecular weight excluding hydrogens is 405 g/mol. The summed E-state index contributed by atoms with van der Waals surface area (Å²) in [6.45, 7) is 4.41. The number of rotatable bonds is 8. The van der Waals surface area contributed by atoms with Gasteiger partial charge in [0.1, 0.15) is 5.78 Å². The molecule has 2 heterocycles. The molecule has 0 bridgehead atoms. The Kier molecular flexibility index (Phi) is 5.48. The van der Waals surface area contributed by atoms with Crippen molar-refractivity contribution in [2.75, 3.05) is 0 Å². The molecule has 2 atom stereocenters. The Bertz CT molecular complexity index is 987. The number of aryl methyl sites for hydroxylation is 1. The number of hydrogen-bond donors (Lipinski definition) is 1. The zero-order valence-corrected chi connectivity index (χ0v) is 18.4. The van der Waals surface area contributed by atoms with Crippen LogP contribution in [0.4, 0.5) is 13.2 Å². The summed E-state index contributed by atoms with van der Waals surface area (Å²) in [7, 11) is 0. The van der Waals surface area contributed by atoms with Gasteiger partial charge in [0.15, 0.2) is 5.67 Å². The molecule has 2 aliphatic carbocycles. The minimum Gasteiger partial charge on any atom is -0.386 e. The van der Waals surface area contributed by atoms with Gasteiger partial charge in [-0.25, -0.2) is 17.7 Å². The average Bonchev–Trinajstić information content (AvgIpc) is 2.96. The van der Waals surface area contributed by atoms with Crippen LogP contribution < -0.4 is 0 Å². The lowest BCUT2D eigenvalue weighted by atomic mass is 9.67. The van der Waals surface area contributed by atoms with Crippen molar-refractivity contribution in [1.29, 1.82) is 0 Å². The highest BCUT2D eigenvalue weighted by Gasteiger charge is 2.67. The topological polar surface area (TPSA) is 54.6 Å². The molecule has 0 radical (unpaired) electrons. The van der Waals surface area contributed by atoms with Crippen LogP contribution in [0.3, 0.4) is 0 Å². The summed E-state index contributed by atoms with van der Waals surface area (Å²) in [4.78, 5) is 12.2. The van der Waals surface area contributed by atoms with Gasteiger partial charge in [-0.05, 0) is 76.5 Å². The summed E-state index contributed by atoms with van der Waals surface area (Å²) in [6, 6.07) is 3.84. The Hall–Kier alpha value is -1.89. The van der Waals surface area contributed by atoms with Crippen LogP contribution in [0.2, 0.25) is 0 Å². The van der Waals surface area contributed by atoms with Gasteiger partial charge < -0.3 is 5.11 Å². The largest absolute Gasteiger partial charge is 0.386 e. The van der Waals surface area contributed by atoms with E-state index in [1.54, 1.807) is 13.8 Å². The van der Waals surface area contributed by atoms with Gasteiger partial charge >= 0.3 is 0 Å². The highest BCUT2D eigenvalue weighted by Crippen LogP contribution is 2.55. The van der Waals surface area contributed by atoms with Gasteiger partial charge in [0, 0.05) is 30.5 Å². The van der Waals surface area contributed by atoms with Gasteiger partial charge in [0.05, 0.1) is 16.8 Å². The Morgan fingerprint density at radius 1 is 1.32 bits per heavy atom. The maximum Gasteiger partial charge on any atom is 0.284 e. The first-order valence-electron chi connectivity index (χ1n) is 11.2. The molecule has 0 aliphatic heterocycles. The number of Topliss-reactive ketones (excluding diaryl/α,β-unsaturated/α-hetero) is 1. The number of nitrogens with zero attached hydrogens (tertiary/aromatic N) is 2. The van der Waals surface area contributed by atoms with Gasteiger partial charge in [0.25, 0.3) is 5.92 Å². The van der Waals surface area contributed by atoms with Crippen molar-refractivity contribution >= 4 is 11.3 Å². The average molecular weight is 437 g/mol. The van der Waals surface area contributed by atoms with Crippen molar-refractivity contribution in [3.63, 3.8) is 0 Å². The maximum absolute atomic E-state index is 13.8. The monoisotopic (exact) mass is 436 g/mol. The van der Waals surface area contributed by atoms with Crippen molar-refractivity contribution in [3.05, 3.63) is 35.2 Å². The van der Waals surface area contributed by atoms with E-state index < -0.39 is 23.1 Å². The number of carbonyl (C=O) groups excluding carboxylic acids is 1. The van der Waals surface area contributed by atoms with Crippen LogP contribution >= 0.6 is 0 Å². The van der Waals surface area contributed by atoms with Gasteiger partial charge in [-0.3, -0.25) is 4.79 Å². The molecule has 31 heavy (non-hydrogen) atoms. The Balaban J connectivity index is 1.44. The molecule has 0 spiro atoms. The summed E-state index contributed by atoms with van der Waals surface area (Å²) in [5, 5.41) is 15.1. The molecule has 2 aromatic heterocycles. The quantitative estimate of drug-likeness (QED) is 0.595. The van der Waals surface area contributed by atoms with Crippen molar-refractivity contribution in [3.8, 4) is 0 Å². The highest BCUT2D eigenvalue weighted by molar-refractivity contribution is 5.79. The van der Waals surface area contributed by atoms with E-state index in [0.717, 1.165) is 36.5 Å². The van der Waals surface area contributed by atoms with E-state index in [4.69, 9.17) is 5.10 Å². The van der Waals surface area contributed by atoms with Crippen LogP contribution in [-0.4, -0.2) is 32.1 Å². The fourth-order valence-corrected chi connectivity index (χ4v) is 4.87. The van der Waals surface area contributed by atoms with E-state index in [-0.39, 0.29) is 25.0 Å². The molecule has 2 aromatic rings. The lowest BCUT2D eigenvalue weighted by Crippen LogP contribution is -2.59. The number of alkyl halides is 3. The summed E-state index contributed by atoms with van der Waals surface area (Å²) >= 11 is 0. The first kappa shape index (κ1) is 22.3. The number of hydrogen-bond acceptors (Lipinski definition) is 3. The maximum atomic E-state index is 13.8. The molecule has 0 saturated heterocycles. The lowest BCUT2D eigenvalue weighted by Gasteiger charge is -2.47. The zero-order valence-electron chi connectivity index (χ0n) is 18.4.